The molecule has 0 aliphatic carbocycles. The molecule has 0 aliphatic rings. The van der Waals surface area contributed by atoms with E-state index in [1.807, 2.05) is 20.8 Å². The molecule has 3 rings (SSSR count). The first-order valence-electron chi connectivity index (χ1n) is 9.66. The summed E-state index contributed by atoms with van der Waals surface area (Å²) < 4.78 is 10.1. The third-order valence-electron chi connectivity index (χ3n) is 4.55. The maximum atomic E-state index is 13.2. The Kier molecular flexibility index (Phi) is 6.07. The smallest absolute Gasteiger partial charge is 0.332 e. The maximum absolute atomic E-state index is 13.2. The SMILES string of the molecule is CCn1c(=O)n(CCCO)c(=O)c2c1nc(OC(C)C)n2Cc1ccc(O)cc1. The van der Waals surface area contributed by atoms with Crippen molar-refractivity contribution >= 4 is 11.2 Å². The molecular weight excluding hydrogens is 376 g/mol. The van der Waals surface area contributed by atoms with Gasteiger partial charge in [-0.15, -0.1) is 0 Å². The van der Waals surface area contributed by atoms with Crippen molar-refractivity contribution in [3.8, 4) is 11.8 Å². The topological polar surface area (TPSA) is 112 Å². The van der Waals surface area contributed by atoms with Crippen molar-refractivity contribution < 1.29 is 14.9 Å². The molecule has 29 heavy (non-hydrogen) atoms. The second-order valence-electron chi connectivity index (χ2n) is 7.05. The molecule has 0 radical (unpaired) electrons. The molecule has 0 bridgehead atoms. The summed E-state index contributed by atoms with van der Waals surface area (Å²) in [7, 11) is 0. The summed E-state index contributed by atoms with van der Waals surface area (Å²) in [5.74, 6) is 0.147. The predicted octanol–water partition coefficient (Wildman–Crippen LogP) is 1.30. The van der Waals surface area contributed by atoms with Crippen LogP contribution in [0.3, 0.4) is 0 Å². The number of benzene rings is 1. The number of aliphatic hydroxyl groups excluding tert-OH is 1. The van der Waals surface area contributed by atoms with Gasteiger partial charge in [-0.2, -0.15) is 4.98 Å². The van der Waals surface area contributed by atoms with Crippen LogP contribution in [0, 0.1) is 0 Å². The van der Waals surface area contributed by atoms with Crippen LogP contribution in [-0.2, 0) is 19.6 Å². The number of imidazole rings is 1. The van der Waals surface area contributed by atoms with E-state index in [4.69, 9.17) is 9.84 Å². The molecule has 2 aromatic heterocycles. The van der Waals surface area contributed by atoms with Gasteiger partial charge in [-0.3, -0.25) is 18.5 Å². The number of fused-ring (bicyclic) bond motifs is 1. The number of phenolic OH excluding ortho intramolecular Hbond substituents is 1. The van der Waals surface area contributed by atoms with E-state index in [1.165, 1.54) is 4.57 Å². The van der Waals surface area contributed by atoms with Crippen LogP contribution in [0.1, 0.15) is 32.8 Å². The molecule has 2 N–H and O–H groups in total. The maximum Gasteiger partial charge on any atom is 0.332 e. The molecule has 0 saturated carbocycles. The number of rotatable bonds is 8. The summed E-state index contributed by atoms with van der Waals surface area (Å²) in [6.07, 6.45) is 0.120. The van der Waals surface area contributed by atoms with Gasteiger partial charge in [-0.1, -0.05) is 12.1 Å². The summed E-state index contributed by atoms with van der Waals surface area (Å²) >= 11 is 0. The lowest BCUT2D eigenvalue weighted by molar-refractivity contribution is 0.214. The molecule has 9 heteroatoms. The van der Waals surface area contributed by atoms with Gasteiger partial charge < -0.3 is 14.9 Å². The van der Waals surface area contributed by atoms with E-state index in [0.717, 1.165) is 10.1 Å². The van der Waals surface area contributed by atoms with Crippen molar-refractivity contribution in [2.24, 2.45) is 0 Å². The summed E-state index contributed by atoms with van der Waals surface area (Å²) in [5, 5.41) is 18.7. The fraction of sp³-hybridized carbons (Fsp3) is 0.450. The number of aliphatic hydroxyl groups is 1. The number of aromatic hydroxyl groups is 1. The zero-order valence-electron chi connectivity index (χ0n) is 16.8. The molecule has 0 saturated heterocycles. The molecule has 1 aromatic carbocycles. The number of aromatic nitrogens is 4. The van der Waals surface area contributed by atoms with Crippen LogP contribution in [0.2, 0.25) is 0 Å². The third-order valence-corrected chi connectivity index (χ3v) is 4.55. The molecule has 3 aromatic rings. The molecule has 9 nitrogen and oxygen atoms in total. The minimum Gasteiger partial charge on any atom is -0.508 e. The average Bonchev–Trinajstić information content (AvgIpc) is 3.01. The summed E-state index contributed by atoms with van der Waals surface area (Å²) in [6.45, 7) is 6.15. The predicted molar refractivity (Wildman–Crippen MR) is 109 cm³/mol. The van der Waals surface area contributed by atoms with Gasteiger partial charge in [0.25, 0.3) is 11.6 Å². The van der Waals surface area contributed by atoms with E-state index >= 15 is 0 Å². The number of aryl methyl sites for hydroxylation is 1. The number of nitrogens with zero attached hydrogens (tertiary/aromatic N) is 4. The first-order valence-corrected chi connectivity index (χ1v) is 9.66. The van der Waals surface area contributed by atoms with Crippen LogP contribution in [0.5, 0.6) is 11.8 Å². The molecule has 0 amide bonds. The number of ether oxygens (including phenoxy) is 1. The highest BCUT2D eigenvalue weighted by Gasteiger charge is 2.22. The largest absolute Gasteiger partial charge is 0.508 e. The van der Waals surface area contributed by atoms with Crippen LogP contribution in [-0.4, -0.2) is 41.6 Å². The van der Waals surface area contributed by atoms with E-state index < -0.39 is 11.2 Å². The molecule has 0 spiro atoms. The minimum absolute atomic E-state index is 0.120. The van der Waals surface area contributed by atoms with Crippen LogP contribution in [0.15, 0.2) is 33.9 Å². The molecule has 0 aliphatic heterocycles. The highest BCUT2D eigenvalue weighted by Crippen LogP contribution is 2.22. The summed E-state index contributed by atoms with van der Waals surface area (Å²) in [5.41, 5.74) is 0.466. The first kappa shape index (κ1) is 20.7. The van der Waals surface area contributed by atoms with E-state index in [0.29, 0.717) is 13.0 Å². The Bertz CT molecular complexity index is 1110. The molecular formula is C20H26N4O5. The van der Waals surface area contributed by atoms with Crippen molar-refractivity contribution in [3.63, 3.8) is 0 Å². The van der Waals surface area contributed by atoms with Gasteiger partial charge >= 0.3 is 5.69 Å². The van der Waals surface area contributed by atoms with Crippen molar-refractivity contribution in [2.45, 2.75) is 52.9 Å². The zero-order valence-corrected chi connectivity index (χ0v) is 16.8. The fourth-order valence-corrected chi connectivity index (χ4v) is 3.21. The van der Waals surface area contributed by atoms with Gasteiger partial charge in [0.1, 0.15) is 5.75 Å². The van der Waals surface area contributed by atoms with E-state index in [9.17, 15) is 14.7 Å². The lowest BCUT2D eigenvalue weighted by Gasteiger charge is -2.13. The van der Waals surface area contributed by atoms with E-state index in [2.05, 4.69) is 4.98 Å². The monoisotopic (exact) mass is 402 g/mol. The van der Waals surface area contributed by atoms with Crippen molar-refractivity contribution in [2.75, 3.05) is 6.61 Å². The quantitative estimate of drug-likeness (QED) is 0.588. The standard InChI is InChI=1S/C20H26N4O5/c1-4-22-17-16(18(27)23(20(22)28)10-5-11-25)24(19(21-17)29-13(2)3)12-14-6-8-15(26)9-7-14/h6-9,13,25-26H,4-5,10-12H2,1-3H3. The van der Waals surface area contributed by atoms with Crippen LogP contribution in [0.25, 0.3) is 11.2 Å². The second kappa shape index (κ2) is 8.52. The molecule has 0 atom stereocenters. The Morgan fingerprint density at radius 1 is 1.10 bits per heavy atom. The van der Waals surface area contributed by atoms with Crippen molar-refractivity contribution in [3.05, 3.63) is 50.7 Å². The van der Waals surface area contributed by atoms with Gasteiger partial charge in [0, 0.05) is 19.7 Å². The molecule has 0 unspecified atom stereocenters. The van der Waals surface area contributed by atoms with E-state index in [1.54, 1.807) is 28.8 Å². The van der Waals surface area contributed by atoms with Gasteiger partial charge in [-0.25, -0.2) is 4.79 Å². The van der Waals surface area contributed by atoms with Gasteiger partial charge in [-0.05, 0) is 44.9 Å². The van der Waals surface area contributed by atoms with Crippen molar-refractivity contribution in [1.29, 1.82) is 0 Å². The van der Waals surface area contributed by atoms with E-state index in [-0.39, 0.29) is 48.7 Å². The first-order chi connectivity index (χ1) is 13.9. The average molecular weight is 402 g/mol. The van der Waals surface area contributed by atoms with Crippen LogP contribution in [0.4, 0.5) is 0 Å². The summed E-state index contributed by atoms with van der Waals surface area (Å²) in [6, 6.07) is 6.89. The van der Waals surface area contributed by atoms with Crippen LogP contribution < -0.4 is 16.0 Å². The highest BCUT2D eigenvalue weighted by atomic mass is 16.5. The lowest BCUT2D eigenvalue weighted by Crippen LogP contribution is -2.40. The Hall–Kier alpha value is -3.07. The fourth-order valence-electron chi connectivity index (χ4n) is 3.21. The Labute approximate surface area is 167 Å². The normalized spacial score (nSPS) is 11.5. The van der Waals surface area contributed by atoms with Crippen LogP contribution >= 0.6 is 0 Å². The number of hydrogen-bond acceptors (Lipinski definition) is 6. The molecule has 0 fully saturated rings. The van der Waals surface area contributed by atoms with Gasteiger partial charge in [0.2, 0.25) is 0 Å². The number of phenols is 1. The second-order valence-corrected chi connectivity index (χ2v) is 7.05. The summed E-state index contributed by atoms with van der Waals surface area (Å²) in [4.78, 5) is 30.5. The Balaban J connectivity index is 2.29. The Morgan fingerprint density at radius 2 is 1.79 bits per heavy atom. The molecule has 2 heterocycles. The lowest BCUT2D eigenvalue weighted by atomic mass is 10.2. The zero-order chi connectivity index (χ0) is 21.1. The molecule has 156 valence electrons. The Morgan fingerprint density at radius 3 is 2.38 bits per heavy atom. The van der Waals surface area contributed by atoms with Gasteiger partial charge in [0.15, 0.2) is 11.2 Å². The van der Waals surface area contributed by atoms with Gasteiger partial charge in [0.05, 0.1) is 12.6 Å². The minimum atomic E-state index is -0.465. The third kappa shape index (κ3) is 4.04. The highest BCUT2D eigenvalue weighted by molar-refractivity contribution is 5.72. The van der Waals surface area contributed by atoms with Crippen molar-refractivity contribution in [1.82, 2.24) is 18.7 Å². The number of hydrogen-bond donors (Lipinski definition) is 2.